The lowest BCUT2D eigenvalue weighted by Gasteiger charge is -2.13. The summed E-state index contributed by atoms with van der Waals surface area (Å²) in [4.78, 5) is 23.6. The minimum absolute atomic E-state index is 0.00330. The number of esters is 2. The van der Waals surface area contributed by atoms with Gasteiger partial charge in [-0.3, -0.25) is 9.59 Å². The summed E-state index contributed by atoms with van der Waals surface area (Å²) in [5.74, 6) is -0.272. The second kappa shape index (κ2) is 35.1. The number of hydrogen-bond acceptors (Lipinski definition) is 11. The van der Waals surface area contributed by atoms with E-state index < -0.39 is 0 Å². The van der Waals surface area contributed by atoms with Crippen molar-refractivity contribution in [1.29, 1.82) is 0 Å². The fourth-order valence-corrected chi connectivity index (χ4v) is 3.84. The number of carbonyl (C=O) groups is 2. The third-order valence-electron chi connectivity index (χ3n) is 6.41. The predicted octanol–water partition coefficient (Wildman–Crippen LogP) is 4.77. The van der Waals surface area contributed by atoms with E-state index in [9.17, 15) is 9.59 Å². The van der Waals surface area contributed by atoms with Crippen molar-refractivity contribution in [2.45, 2.75) is 85.0 Å². The molecule has 0 bridgehead atoms. The Hall–Kier alpha value is -1.34. The third kappa shape index (κ3) is 31.9. The molecule has 11 nitrogen and oxygen atoms in total. The van der Waals surface area contributed by atoms with E-state index in [0.29, 0.717) is 98.9 Å². The van der Waals surface area contributed by atoms with E-state index in [4.69, 9.17) is 42.6 Å². The summed E-state index contributed by atoms with van der Waals surface area (Å²) >= 11 is 0. The van der Waals surface area contributed by atoms with E-state index in [2.05, 4.69) is 13.8 Å². The summed E-state index contributed by atoms with van der Waals surface area (Å²) in [6, 6.07) is 0. The van der Waals surface area contributed by atoms with Gasteiger partial charge >= 0.3 is 11.9 Å². The van der Waals surface area contributed by atoms with Gasteiger partial charge in [0.2, 0.25) is 0 Å². The topological polar surface area (TPSA) is 117 Å². The van der Waals surface area contributed by atoms with Crippen LogP contribution in [0.2, 0.25) is 0 Å². The summed E-state index contributed by atoms with van der Waals surface area (Å²) < 4.78 is 48.6. The zero-order chi connectivity index (χ0) is 31.5. The first kappa shape index (κ1) is 41.7. The Kier molecular flexibility index (Phi) is 34.0. The fraction of sp³-hybridized carbons (Fsp3) is 0.938. The molecule has 0 aliphatic carbocycles. The van der Waals surface area contributed by atoms with Crippen LogP contribution in [-0.2, 0) is 52.2 Å². The van der Waals surface area contributed by atoms with Crippen LogP contribution < -0.4 is 0 Å². The van der Waals surface area contributed by atoms with Crippen molar-refractivity contribution in [1.82, 2.24) is 0 Å². The van der Waals surface area contributed by atoms with Crippen LogP contribution >= 0.6 is 0 Å². The second-order valence-electron chi connectivity index (χ2n) is 10.1. The predicted molar refractivity (Wildman–Crippen MR) is 164 cm³/mol. The molecule has 1 unspecified atom stereocenters. The molecule has 0 saturated carbocycles. The molecule has 256 valence electrons. The fourth-order valence-electron chi connectivity index (χ4n) is 3.84. The van der Waals surface area contributed by atoms with Gasteiger partial charge in [0.25, 0.3) is 0 Å². The Balaban J connectivity index is 3.20. The Labute approximate surface area is 260 Å². The molecule has 0 heterocycles. The van der Waals surface area contributed by atoms with Crippen molar-refractivity contribution in [3.63, 3.8) is 0 Å². The highest BCUT2D eigenvalue weighted by Gasteiger charge is 2.16. The SMILES string of the molecule is CCCCCCCC(=O)OCCOCCOCCOCCOCCOCCOCCOCCOC(=O)C(CC)CCCC. The molecule has 0 radical (unpaired) electrons. The summed E-state index contributed by atoms with van der Waals surface area (Å²) in [7, 11) is 0. The number of carbonyl (C=O) groups excluding carboxylic acids is 2. The normalized spacial score (nSPS) is 12.0. The third-order valence-corrected chi connectivity index (χ3v) is 6.41. The van der Waals surface area contributed by atoms with Gasteiger partial charge in [0.1, 0.15) is 13.2 Å². The molecule has 0 spiro atoms. The van der Waals surface area contributed by atoms with E-state index in [1.807, 2.05) is 6.92 Å². The van der Waals surface area contributed by atoms with Gasteiger partial charge in [-0.25, -0.2) is 0 Å². The standard InChI is InChI=1S/C32H62O11/c1-4-7-9-10-11-13-31(33)42-28-26-40-24-22-38-20-18-36-16-14-35-15-17-37-19-21-39-23-25-41-27-29-43-32(34)30(6-3)12-8-5-2/h30H,4-29H2,1-3H3. The van der Waals surface area contributed by atoms with Crippen molar-refractivity contribution in [2.75, 3.05) is 106 Å². The molecule has 0 aliphatic heterocycles. The number of rotatable bonds is 35. The zero-order valence-electron chi connectivity index (χ0n) is 27.5. The maximum absolute atomic E-state index is 12.0. The molecule has 0 aliphatic rings. The molecule has 0 saturated heterocycles. The highest BCUT2D eigenvalue weighted by Crippen LogP contribution is 2.14. The molecule has 0 aromatic rings. The monoisotopic (exact) mass is 622 g/mol. The van der Waals surface area contributed by atoms with Gasteiger partial charge in [0, 0.05) is 6.42 Å². The summed E-state index contributed by atoms with van der Waals surface area (Å²) in [6.45, 7) is 13.4. The molecule has 0 rings (SSSR count). The van der Waals surface area contributed by atoms with Crippen LogP contribution in [0.5, 0.6) is 0 Å². The lowest BCUT2D eigenvalue weighted by molar-refractivity contribution is -0.150. The molecule has 0 aromatic heterocycles. The number of ether oxygens (including phenoxy) is 9. The van der Waals surface area contributed by atoms with Crippen LogP contribution in [0.1, 0.15) is 85.0 Å². The lowest BCUT2D eigenvalue weighted by atomic mass is 10.00. The number of hydrogen-bond donors (Lipinski definition) is 0. The van der Waals surface area contributed by atoms with Gasteiger partial charge in [0.15, 0.2) is 0 Å². The number of unbranched alkanes of at least 4 members (excludes halogenated alkanes) is 5. The lowest BCUT2D eigenvalue weighted by Crippen LogP contribution is -2.20. The molecule has 0 amide bonds. The van der Waals surface area contributed by atoms with Crippen LogP contribution in [0.25, 0.3) is 0 Å². The Morgan fingerprint density at radius 1 is 0.442 bits per heavy atom. The van der Waals surface area contributed by atoms with Gasteiger partial charge in [-0.15, -0.1) is 0 Å². The first-order valence-electron chi connectivity index (χ1n) is 16.5. The van der Waals surface area contributed by atoms with E-state index >= 15 is 0 Å². The van der Waals surface area contributed by atoms with Gasteiger partial charge < -0.3 is 42.6 Å². The molecular formula is C32H62O11. The molecule has 43 heavy (non-hydrogen) atoms. The van der Waals surface area contributed by atoms with E-state index in [-0.39, 0.29) is 31.1 Å². The zero-order valence-corrected chi connectivity index (χ0v) is 27.5. The average Bonchev–Trinajstić information content (AvgIpc) is 3.01. The van der Waals surface area contributed by atoms with Gasteiger partial charge in [-0.1, -0.05) is 59.3 Å². The first-order valence-corrected chi connectivity index (χ1v) is 16.5. The molecule has 0 N–H and O–H groups in total. The van der Waals surface area contributed by atoms with Crippen molar-refractivity contribution in [2.24, 2.45) is 5.92 Å². The quantitative estimate of drug-likeness (QED) is 0.0719. The largest absolute Gasteiger partial charge is 0.463 e. The van der Waals surface area contributed by atoms with Gasteiger partial charge in [-0.05, 0) is 19.3 Å². The molecular weight excluding hydrogens is 560 g/mol. The van der Waals surface area contributed by atoms with Crippen LogP contribution in [-0.4, -0.2) is 118 Å². The van der Waals surface area contributed by atoms with Crippen LogP contribution in [0, 0.1) is 5.92 Å². The highest BCUT2D eigenvalue weighted by atomic mass is 16.6. The van der Waals surface area contributed by atoms with E-state index in [0.717, 1.165) is 38.5 Å². The van der Waals surface area contributed by atoms with Crippen LogP contribution in [0.4, 0.5) is 0 Å². The van der Waals surface area contributed by atoms with Crippen molar-refractivity contribution >= 4 is 11.9 Å². The van der Waals surface area contributed by atoms with Gasteiger partial charge in [0.05, 0.1) is 98.4 Å². The molecule has 1 atom stereocenters. The summed E-state index contributed by atoms with van der Waals surface area (Å²) in [5.41, 5.74) is 0. The van der Waals surface area contributed by atoms with Gasteiger partial charge in [-0.2, -0.15) is 0 Å². The van der Waals surface area contributed by atoms with E-state index in [1.165, 1.54) is 19.3 Å². The van der Waals surface area contributed by atoms with Crippen molar-refractivity contribution in [3.8, 4) is 0 Å². The van der Waals surface area contributed by atoms with Crippen molar-refractivity contribution < 1.29 is 52.2 Å². The summed E-state index contributed by atoms with van der Waals surface area (Å²) in [5, 5.41) is 0. The smallest absolute Gasteiger partial charge is 0.308 e. The summed E-state index contributed by atoms with van der Waals surface area (Å²) in [6.07, 6.45) is 9.90. The van der Waals surface area contributed by atoms with Crippen molar-refractivity contribution in [3.05, 3.63) is 0 Å². The molecule has 11 heteroatoms. The Morgan fingerprint density at radius 2 is 0.814 bits per heavy atom. The van der Waals surface area contributed by atoms with Crippen LogP contribution in [0.3, 0.4) is 0 Å². The van der Waals surface area contributed by atoms with E-state index in [1.54, 1.807) is 0 Å². The minimum Gasteiger partial charge on any atom is -0.463 e. The Bertz CT molecular complexity index is 592. The average molecular weight is 623 g/mol. The molecule has 0 aromatic carbocycles. The Morgan fingerprint density at radius 3 is 1.21 bits per heavy atom. The van der Waals surface area contributed by atoms with Crippen LogP contribution in [0.15, 0.2) is 0 Å². The maximum Gasteiger partial charge on any atom is 0.308 e. The first-order chi connectivity index (χ1) is 21.2. The highest BCUT2D eigenvalue weighted by molar-refractivity contribution is 5.72. The molecule has 0 fully saturated rings. The minimum atomic E-state index is -0.148. The maximum atomic E-state index is 12.0. The second-order valence-corrected chi connectivity index (χ2v) is 10.1.